The number of alkyl halides is 2. The molecule has 0 fully saturated rings. The fourth-order valence-corrected chi connectivity index (χ4v) is 2.81. The molecule has 146 valence electrons. The Balaban J connectivity index is 1.64. The summed E-state index contributed by atoms with van der Waals surface area (Å²) >= 11 is 0. The lowest BCUT2D eigenvalue weighted by Gasteiger charge is -2.29. The van der Waals surface area contributed by atoms with Crippen LogP contribution in [0.25, 0.3) is 0 Å². The summed E-state index contributed by atoms with van der Waals surface area (Å²) in [5, 5.41) is 0. The van der Waals surface area contributed by atoms with Crippen molar-refractivity contribution in [3.05, 3.63) is 95.8 Å². The standard InChI is InChI=1S/C23H21F3O2/c1-23(22(25)26,18-10-12-19(24)13-11-18)16-27-15-17-6-5-9-21(14-17)28-20-7-3-2-4-8-20/h2-14,22H,15-16H2,1H3. The smallest absolute Gasteiger partial charge is 0.250 e. The van der Waals surface area contributed by atoms with Crippen molar-refractivity contribution in [1.82, 2.24) is 0 Å². The van der Waals surface area contributed by atoms with Gasteiger partial charge in [0.15, 0.2) is 0 Å². The lowest BCUT2D eigenvalue weighted by Crippen LogP contribution is -2.36. The minimum atomic E-state index is -2.65. The summed E-state index contributed by atoms with van der Waals surface area (Å²) in [6.07, 6.45) is -2.65. The Morgan fingerprint density at radius 2 is 1.54 bits per heavy atom. The van der Waals surface area contributed by atoms with Crippen LogP contribution < -0.4 is 4.74 Å². The molecule has 3 rings (SSSR count). The van der Waals surface area contributed by atoms with Gasteiger partial charge in [-0.2, -0.15) is 0 Å². The number of hydrogen-bond donors (Lipinski definition) is 0. The van der Waals surface area contributed by atoms with E-state index >= 15 is 0 Å². The summed E-state index contributed by atoms with van der Waals surface area (Å²) in [6.45, 7) is 1.38. The lowest BCUT2D eigenvalue weighted by molar-refractivity contribution is -0.0128. The Morgan fingerprint density at radius 3 is 2.21 bits per heavy atom. The molecule has 0 heterocycles. The van der Waals surface area contributed by atoms with E-state index in [-0.39, 0.29) is 13.2 Å². The minimum Gasteiger partial charge on any atom is -0.457 e. The number of para-hydroxylation sites is 1. The predicted molar refractivity (Wildman–Crippen MR) is 102 cm³/mol. The van der Waals surface area contributed by atoms with Crippen molar-refractivity contribution < 1.29 is 22.6 Å². The highest BCUT2D eigenvalue weighted by Gasteiger charge is 2.37. The average Bonchev–Trinajstić information content (AvgIpc) is 2.69. The molecule has 1 atom stereocenters. The monoisotopic (exact) mass is 386 g/mol. The van der Waals surface area contributed by atoms with Gasteiger partial charge in [0.1, 0.15) is 17.3 Å². The molecule has 0 radical (unpaired) electrons. The number of rotatable bonds is 8. The fourth-order valence-electron chi connectivity index (χ4n) is 2.81. The van der Waals surface area contributed by atoms with E-state index in [0.29, 0.717) is 17.1 Å². The van der Waals surface area contributed by atoms with Gasteiger partial charge < -0.3 is 9.47 Å². The van der Waals surface area contributed by atoms with E-state index < -0.39 is 17.7 Å². The van der Waals surface area contributed by atoms with E-state index in [1.54, 1.807) is 0 Å². The van der Waals surface area contributed by atoms with E-state index in [0.717, 1.165) is 5.56 Å². The van der Waals surface area contributed by atoms with Gasteiger partial charge in [0.05, 0.1) is 18.6 Å². The molecule has 0 bridgehead atoms. The first-order valence-corrected chi connectivity index (χ1v) is 8.91. The molecule has 0 aliphatic carbocycles. The quantitative estimate of drug-likeness (QED) is 0.449. The van der Waals surface area contributed by atoms with Gasteiger partial charge in [-0.05, 0) is 54.4 Å². The molecule has 28 heavy (non-hydrogen) atoms. The zero-order valence-electron chi connectivity index (χ0n) is 15.4. The van der Waals surface area contributed by atoms with Gasteiger partial charge >= 0.3 is 0 Å². The first-order valence-electron chi connectivity index (χ1n) is 8.91. The van der Waals surface area contributed by atoms with Crippen molar-refractivity contribution in [3.63, 3.8) is 0 Å². The van der Waals surface area contributed by atoms with Crippen LogP contribution in [-0.4, -0.2) is 13.0 Å². The summed E-state index contributed by atoms with van der Waals surface area (Å²) in [5.41, 5.74) is -0.375. The fraction of sp³-hybridized carbons (Fsp3) is 0.217. The van der Waals surface area contributed by atoms with Gasteiger partial charge in [0.25, 0.3) is 0 Å². The maximum atomic E-state index is 13.7. The highest BCUT2D eigenvalue weighted by molar-refractivity contribution is 5.33. The van der Waals surface area contributed by atoms with Crippen LogP contribution in [0, 0.1) is 5.82 Å². The zero-order chi connectivity index (χ0) is 20.0. The summed E-state index contributed by atoms with van der Waals surface area (Å²) in [6, 6.07) is 21.8. The maximum absolute atomic E-state index is 13.7. The summed E-state index contributed by atoms with van der Waals surface area (Å²) in [7, 11) is 0. The lowest BCUT2D eigenvalue weighted by atomic mass is 9.83. The van der Waals surface area contributed by atoms with Gasteiger partial charge in [-0.3, -0.25) is 0 Å². The molecule has 0 amide bonds. The first kappa shape index (κ1) is 20.0. The molecular weight excluding hydrogens is 365 g/mol. The molecule has 0 saturated heterocycles. The molecule has 0 N–H and O–H groups in total. The highest BCUT2D eigenvalue weighted by Crippen LogP contribution is 2.32. The molecule has 5 heteroatoms. The van der Waals surface area contributed by atoms with Gasteiger partial charge in [-0.1, -0.05) is 42.5 Å². The topological polar surface area (TPSA) is 18.5 Å². The van der Waals surface area contributed by atoms with Crippen molar-refractivity contribution >= 4 is 0 Å². The minimum absolute atomic E-state index is 0.162. The van der Waals surface area contributed by atoms with Crippen LogP contribution >= 0.6 is 0 Å². The molecule has 0 aromatic heterocycles. The van der Waals surface area contributed by atoms with Crippen molar-refractivity contribution in [1.29, 1.82) is 0 Å². The summed E-state index contributed by atoms with van der Waals surface area (Å²) in [5.74, 6) is 0.890. The Kier molecular flexibility index (Phi) is 6.37. The van der Waals surface area contributed by atoms with Gasteiger partial charge in [0, 0.05) is 0 Å². The molecule has 3 aromatic rings. The van der Waals surface area contributed by atoms with Crippen LogP contribution in [0.15, 0.2) is 78.9 Å². The third kappa shape index (κ3) is 4.93. The van der Waals surface area contributed by atoms with Crippen LogP contribution in [0.1, 0.15) is 18.1 Å². The molecular formula is C23H21F3O2. The van der Waals surface area contributed by atoms with Crippen molar-refractivity contribution in [2.75, 3.05) is 6.61 Å². The Bertz CT molecular complexity index is 882. The molecule has 0 spiro atoms. The molecule has 3 aromatic carbocycles. The largest absolute Gasteiger partial charge is 0.457 e. The number of benzene rings is 3. The van der Waals surface area contributed by atoms with Crippen LogP contribution in [0.2, 0.25) is 0 Å². The molecule has 0 aliphatic heterocycles. The van der Waals surface area contributed by atoms with Crippen LogP contribution in [0.3, 0.4) is 0 Å². The Labute approximate surface area is 162 Å². The van der Waals surface area contributed by atoms with E-state index in [1.807, 2.05) is 54.6 Å². The normalized spacial score (nSPS) is 13.3. The number of ether oxygens (including phenoxy) is 2. The summed E-state index contributed by atoms with van der Waals surface area (Å²) in [4.78, 5) is 0. The number of hydrogen-bond acceptors (Lipinski definition) is 2. The second-order valence-electron chi connectivity index (χ2n) is 6.78. The summed E-state index contributed by atoms with van der Waals surface area (Å²) < 4.78 is 51.9. The second kappa shape index (κ2) is 8.93. The Hall–Kier alpha value is -2.79. The molecule has 0 saturated carbocycles. The second-order valence-corrected chi connectivity index (χ2v) is 6.78. The zero-order valence-corrected chi connectivity index (χ0v) is 15.4. The third-order valence-corrected chi connectivity index (χ3v) is 4.53. The molecule has 2 nitrogen and oxygen atoms in total. The maximum Gasteiger partial charge on any atom is 0.250 e. The van der Waals surface area contributed by atoms with E-state index in [9.17, 15) is 13.2 Å². The SMILES string of the molecule is CC(COCc1cccc(Oc2ccccc2)c1)(c1ccc(F)cc1)C(F)F. The van der Waals surface area contributed by atoms with Crippen LogP contribution in [0.4, 0.5) is 13.2 Å². The first-order chi connectivity index (χ1) is 13.5. The van der Waals surface area contributed by atoms with E-state index in [1.165, 1.54) is 31.2 Å². The van der Waals surface area contributed by atoms with Gasteiger partial charge in [-0.25, -0.2) is 13.2 Å². The predicted octanol–water partition coefficient (Wildman–Crippen LogP) is 6.36. The third-order valence-electron chi connectivity index (χ3n) is 4.53. The number of halogens is 3. The molecule has 1 unspecified atom stereocenters. The van der Waals surface area contributed by atoms with Crippen molar-refractivity contribution in [2.45, 2.75) is 25.4 Å². The van der Waals surface area contributed by atoms with E-state index in [4.69, 9.17) is 9.47 Å². The molecule has 0 aliphatic rings. The van der Waals surface area contributed by atoms with Crippen LogP contribution in [0.5, 0.6) is 11.5 Å². The average molecular weight is 386 g/mol. The van der Waals surface area contributed by atoms with E-state index in [2.05, 4.69) is 0 Å². The van der Waals surface area contributed by atoms with Crippen molar-refractivity contribution in [3.8, 4) is 11.5 Å². The van der Waals surface area contributed by atoms with Crippen molar-refractivity contribution in [2.24, 2.45) is 0 Å². The highest BCUT2D eigenvalue weighted by atomic mass is 19.3. The van der Waals surface area contributed by atoms with Crippen LogP contribution in [-0.2, 0) is 16.8 Å². The van der Waals surface area contributed by atoms with Gasteiger partial charge in [-0.15, -0.1) is 0 Å². The van der Waals surface area contributed by atoms with Gasteiger partial charge in [0.2, 0.25) is 6.43 Å². The Morgan fingerprint density at radius 1 is 0.857 bits per heavy atom.